The van der Waals surface area contributed by atoms with Crippen LogP contribution in [0.5, 0.6) is 0 Å². The van der Waals surface area contributed by atoms with Crippen LogP contribution in [0.15, 0.2) is 199 Å². The number of nitrogens with zero attached hydrogens (tertiary/aromatic N) is 2. The zero-order chi connectivity index (χ0) is 35.1. The molecule has 10 aromatic rings. The zero-order valence-corrected chi connectivity index (χ0v) is 29.5. The monoisotopic (exact) mass is 696 g/mol. The highest BCUT2D eigenvalue weighted by Gasteiger charge is 2.15. The summed E-state index contributed by atoms with van der Waals surface area (Å²) in [5.74, 6) is 0.633. The van der Waals surface area contributed by atoms with E-state index in [4.69, 9.17) is 9.40 Å². The first-order chi connectivity index (χ1) is 26.2. The maximum absolute atomic E-state index is 6.20. The van der Waals surface area contributed by atoms with Gasteiger partial charge in [0.05, 0.1) is 0 Å². The van der Waals surface area contributed by atoms with E-state index in [1.165, 1.54) is 42.4 Å². The van der Waals surface area contributed by atoms with Crippen molar-refractivity contribution in [3.8, 4) is 44.1 Å². The molecule has 0 aliphatic heterocycles. The van der Waals surface area contributed by atoms with E-state index in [2.05, 4.69) is 163 Å². The summed E-state index contributed by atoms with van der Waals surface area (Å²) in [6, 6.07) is 68.9. The van der Waals surface area contributed by atoms with Crippen molar-refractivity contribution in [2.24, 2.45) is 0 Å². The van der Waals surface area contributed by atoms with Crippen LogP contribution >= 0.6 is 11.3 Å². The Balaban J connectivity index is 1.000. The molecule has 10 rings (SSSR count). The number of oxazole rings is 1. The van der Waals surface area contributed by atoms with Crippen molar-refractivity contribution < 1.29 is 4.42 Å². The average Bonchev–Trinajstić information content (AvgIpc) is 3.87. The fourth-order valence-electron chi connectivity index (χ4n) is 7.13. The van der Waals surface area contributed by atoms with E-state index in [0.29, 0.717) is 5.89 Å². The Morgan fingerprint density at radius 3 is 1.62 bits per heavy atom. The van der Waals surface area contributed by atoms with Crippen LogP contribution in [-0.4, -0.2) is 4.98 Å². The largest absolute Gasteiger partial charge is 0.436 e. The highest BCUT2D eigenvalue weighted by atomic mass is 32.1. The number of fused-ring (bicyclic) bond motifs is 3. The minimum Gasteiger partial charge on any atom is -0.436 e. The fraction of sp³-hybridized carbons (Fsp3) is 0. The summed E-state index contributed by atoms with van der Waals surface area (Å²) in [5, 5.41) is 3.77. The highest BCUT2D eigenvalue weighted by Crippen LogP contribution is 2.40. The second-order valence-electron chi connectivity index (χ2n) is 13.3. The molecule has 2 aromatic heterocycles. The van der Waals surface area contributed by atoms with Crippen molar-refractivity contribution in [2.45, 2.75) is 0 Å². The Labute approximate surface area is 311 Å². The standard InChI is InChI=1S/C49H32N2OS/c1-2-9-37(10-3-1)49-50-45-29-22-40(31-46(45)52-49)35-18-25-43(26-19-35)51(44-27-20-36(21-28-44)48-32-41-12-6-7-13-47(41)53-48)42-23-16-34(17-24-42)39-15-14-33-8-4-5-11-38(33)30-39/h1-32H. The van der Waals surface area contributed by atoms with Gasteiger partial charge >= 0.3 is 0 Å². The predicted molar refractivity (Wildman–Crippen MR) is 223 cm³/mol. The number of thiophene rings is 1. The second kappa shape index (κ2) is 13.1. The summed E-state index contributed by atoms with van der Waals surface area (Å²) in [7, 11) is 0. The van der Waals surface area contributed by atoms with Gasteiger partial charge < -0.3 is 9.32 Å². The zero-order valence-electron chi connectivity index (χ0n) is 28.7. The molecule has 0 bridgehead atoms. The number of aromatic nitrogens is 1. The Morgan fingerprint density at radius 2 is 0.943 bits per heavy atom. The number of hydrogen-bond donors (Lipinski definition) is 0. The maximum atomic E-state index is 6.20. The number of hydrogen-bond acceptors (Lipinski definition) is 4. The van der Waals surface area contributed by atoms with Gasteiger partial charge in [0, 0.05) is 32.2 Å². The minimum atomic E-state index is 0.633. The average molecular weight is 697 g/mol. The lowest BCUT2D eigenvalue weighted by atomic mass is 10.0. The normalized spacial score (nSPS) is 11.4. The molecule has 2 heterocycles. The topological polar surface area (TPSA) is 29.3 Å². The molecule has 0 aliphatic carbocycles. The molecule has 0 N–H and O–H groups in total. The highest BCUT2D eigenvalue weighted by molar-refractivity contribution is 7.22. The lowest BCUT2D eigenvalue weighted by Gasteiger charge is -2.26. The molecule has 0 unspecified atom stereocenters. The predicted octanol–water partition coefficient (Wildman–Crippen LogP) is 14.3. The molecule has 0 spiro atoms. The van der Waals surface area contributed by atoms with Crippen molar-refractivity contribution in [1.82, 2.24) is 4.98 Å². The first-order valence-corrected chi connectivity index (χ1v) is 18.6. The van der Waals surface area contributed by atoms with Crippen molar-refractivity contribution >= 4 is 60.4 Å². The third-order valence-corrected chi connectivity index (χ3v) is 11.1. The molecule has 0 atom stereocenters. The van der Waals surface area contributed by atoms with Gasteiger partial charge in [0.2, 0.25) is 5.89 Å². The molecule has 0 fully saturated rings. The first-order valence-electron chi connectivity index (χ1n) is 17.8. The van der Waals surface area contributed by atoms with Crippen molar-refractivity contribution in [1.29, 1.82) is 0 Å². The van der Waals surface area contributed by atoms with Crippen LogP contribution in [0.2, 0.25) is 0 Å². The molecule has 0 saturated heterocycles. The van der Waals surface area contributed by atoms with Gasteiger partial charge in [-0.25, -0.2) is 4.98 Å². The molecule has 250 valence electrons. The maximum Gasteiger partial charge on any atom is 0.227 e. The van der Waals surface area contributed by atoms with Gasteiger partial charge in [-0.15, -0.1) is 11.3 Å². The smallest absolute Gasteiger partial charge is 0.227 e. The minimum absolute atomic E-state index is 0.633. The van der Waals surface area contributed by atoms with Crippen LogP contribution in [0.1, 0.15) is 0 Å². The molecule has 0 amide bonds. The van der Waals surface area contributed by atoms with E-state index >= 15 is 0 Å². The first kappa shape index (κ1) is 31.0. The van der Waals surface area contributed by atoms with Crippen LogP contribution in [-0.2, 0) is 0 Å². The van der Waals surface area contributed by atoms with Crippen LogP contribution in [0.3, 0.4) is 0 Å². The quantitative estimate of drug-likeness (QED) is 0.166. The van der Waals surface area contributed by atoms with Gasteiger partial charge in [-0.05, 0) is 123 Å². The second-order valence-corrected chi connectivity index (χ2v) is 14.3. The molecule has 3 nitrogen and oxygen atoms in total. The molecule has 0 radical (unpaired) electrons. The number of anilines is 3. The van der Waals surface area contributed by atoms with Gasteiger partial charge in [0.25, 0.3) is 0 Å². The van der Waals surface area contributed by atoms with Gasteiger partial charge in [0.15, 0.2) is 5.58 Å². The molecule has 0 aliphatic rings. The fourth-order valence-corrected chi connectivity index (χ4v) is 8.20. The summed E-state index contributed by atoms with van der Waals surface area (Å²) < 4.78 is 7.50. The van der Waals surface area contributed by atoms with Gasteiger partial charge in [-0.3, -0.25) is 0 Å². The van der Waals surface area contributed by atoms with Crippen molar-refractivity contribution in [3.05, 3.63) is 194 Å². The van der Waals surface area contributed by atoms with Crippen LogP contribution in [0.4, 0.5) is 17.1 Å². The van der Waals surface area contributed by atoms with Crippen LogP contribution in [0.25, 0.3) is 76.1 Å². The van der Waals surface area contributed by atoms with E-state index in [1.54, 1.807) is 0 Å². The van der Waals surface area contributed by atoms with Crippen molar-refractivity contribution in [3.63, 3.8) is 0 Å². The van der Waals surface area contributed by atoms with Gasteiger partial charge in [-0.2, -0.15) is 0 Å². The Hall–Kier alpha value is -6.75. The van der Waals surface area contributed by atoms with E-state index in [0.717, 1.165) is 44.9 Å². The van der Waals surface area contributed by atoms with Crippen LogP contribution < -0.4 is 4.90 Å². The lowest BCUT2D eigenvalue weighted by molar-refractivity contribution is 0.620. The third-order valence-electron chi connectivity index (χ3n) is 9.91. The molecule has 53 heavy (non-hydrogen) atoms. The van der Waals surface area contributed by atoms with E-state index < -0.39 is 0 Å². The summed E-state index contributed by atoms with van der Waals surface area (Å²) >= 11 is 1.83. The summed E-state index contributed by atoms with van der Waals surface area (Å²) in [6.45, 7) is 0. The van der Waals surface area contributed by atoms with Crippen LogP contribution in [0, 0.1) is 0 Å². The molecule has 4 heteroatoms. The summed E-state index contributed by atoms with van der Waals surface area (Å²) in [6.07, 6.45) is 0. The number of benzene rings is 8. The van der Waals surface area contributed by atoms with E-state index in [9.17, 15) is 0 Å². The lowest BCUT2D eigenvalue weighted by Crippen LogP contribution is -2.09. The Bertz CT molecular complexity index is 2840. The summed E-state index contributed by atoms with van der Waals surface area (Å²) in [4.78, 5) is 8.32. The van der Waals surface area contributed by atoms with Crippen molar-refractivity contribution in [2.75, 3.05) is 4.90 Å². The third kappa shape index (κ3) is 5.95. The molecule has 8 aromatic carbocycles. The van der Waals surface area contributed by atoms with Gasteiger partial charge in [0.1, 0.15) is 5.52 Å². The Kier molecular flexibility index (Phi) is 7.67. The molecular weight excluding hydrogens is 665 g/mol. The molecule has 0 saturated carbocycles. The van der Waals surface area contributed by atoms with Gasteiger partial charge in [-0.1, -0.05) is 115 Å². The number of rotatable bonds is 7. The SMILES string of the molecule is c1ccc(-c2nc3ccc(-c4ccc(N(c5ccc(-c6ccc7ccccc7c6)cc5)c5ccc(-c6cc7ccccc7s6)cc5)cc4)cc3o2)cc1. The molecular formula is C49H32N2OS. The Morgan fingerprint density at radius 1 is 0.396 bits per heavy atom. The van der Waals surface area contributed by atoms with E-state index in [1.807, 2.05) is 47.7 Å². The van der Waals surface area contributed by atoms with E-state index in [-0.39, 0.29) is 0 Å². The summed E-state index contributed by atoms with van der Waals surface area (Å²) in [5.41, 5.74) is 11.7.